The third kappa shape index (κ3) is 4.66. The zero-order chi connectivity index (χ0) is 15.2. The van der Waals surface area contributed by atoms with Gasteiger partial charge in [-0.3, -0.25) is 4.79 Å². The number of benzene rings is 2. The molecule has 0 saturated carbocycles. The number of hydrogen-bond acceptors (Lipinski definition) is 1. The van der Waals surface area contributed by atoms with Crippen LogP contribution in [0.25, 0.3) is 0 Å². The molecular weight excluding hydrogens is 282 g/mol. The molecule has 21 heavy (non-hydrogen) atoms. The molecule has 1 N–H and O–H groups in total. The Bertz CT molecular complexity index is 705. The third-order valence-corrected chi connectivity index (χ3v) is 3.11. The summed E-state index contributed by atoms with van der Waals surface area (Å²) in [5.74, 6) is 5.78. The molecule has 0 aromatic heterocycles. The van der Waals surface area contributed by atoms with E-state index in [1.807, 2.05) is 44.2 Å². The van der Waals surface area contributed by atoms with Crippen molar-refractivity contribution < 1.29 is 4.79 Å². The molecule has 0 radical (unpaired) electrons. The van der Waals surface area contributed by atoms with Crippen LogP contribution in [-0.4, -0.2) is 12.5 Å². The largest absolute Gasteiger partial charge is 0.341 e. The Morgan fingerprint density at radius 2 is 1.86 bits per heavy atom. The van der Waals surface area contributed by atoms with Gasteiger partial charge in [0.1, 0.15) is 0 Å². The van der Waals surface area contributed by atoms with Gasteiger partial charge in [0.05, 0.1) is 6.54 Å². The molecule has 2 rings (SSSR count). The Morgan fingerprint density at radius 1 is 1.14 bits per heavy atom. The van der Waals surface area contributed by atoms with Crippen LogP contribution in [0.1, 0.15) is 27.0 Å². The fraction of sp³-hybridized carbons (Fsp3) is 0.167. The van der Waals surface area contributed by atoms with Crippen LogP contribution in [-0.2, 0) is 0 Å². The Balaban J connectivity index is 1.96. The van der Waals surface area contributed by atoms with Crippen LogP contribution in [0.5, 0.6) is 0 Å². The van der Waals surface area contributed by atoms with Gasteiger partial charge in [-0.05, 0) is 44.2 Å². The van der Waals surface area contributed by atoms with Crippen LogP contribution in [0.15, 0.2) is 42.5 Å². The molecule has 0 aliphatic carbocycles. The van der Waals surface area contributed by atoms with E-state index in [1.165, 1.54) is 0 Å². The van der Waals surface area contributed by atoms with E-state index in [0.29, 0.717) is 17.1 Å². The van der Waals surface area contributed by atoms with Crippen molar-refractivity contribution in [2.75, 3.05) is 6.54 Å². The predicted octanol–water partition coefficient (Wildman–Crippen LogP) is 3.74. The summed E-state index contributed by atoms with van der Waals surface area (Å²) in [5, 5.41) is 3.45. The Morgan fingerprint density at radius 3 is 2.52 bits per heavy atom. The smallest absolute Gasteiger partial charge is 0.252 e. The minimum Gasteiger partial charge on any atom is -0.341 e. The number of amides is 1. The maximum atomic E-state index is 12.0. The summed E-state index contributed by atoms with van der Waals surface area (Å²) in [4.78, 5) is 12.0. The molecule has 0 bridgehead atoms. The van der Waals surface area contributed by atoms with Crippen molar-refractivity contribution in [2.24, 2.45) is 0 Å². The standard InChI is InChI=1S/C18H16ClNO/c1-13-9-14(2)11-16(10-13)18(21)20-8-4-6-15-5-3-7-17(19)12-15/h3,5,7,9-12H,8H2,1-2H3,(H,20,21). The molecule has 0 aliphatic heterocycles. The van der Waals surface area contributed by atoms with Gasteiger partial charge in [0, 0.05) is 16.1 Å². The van der Waals surface area contributed by atoms with E-state index in [0.717, 1.165) is 16.7 Å². The summed E-state index contributed by atoms with van der Waals surface area (Å²) in [6.07, 6.45) is 0. The zero-order valence-corrected chi connectivity index (χ0v) is 12.8. The molecule has 2 aromatic carbocycles. The number of aryl methyl sites for hydroxylation is 2. The van der Waals surface area contributed by atoms with Crippen molar-refractivity contribution in [2.45, 2.75) is 13.8 Å². The number of halogens is 1. The number of rotatable bonds is 2. The first kappa shape index (κ1) is 15.2. The summed E-state index contributed by atoms with van der Waals surface area (Å²) in [6.45, 7) is 4.25. The van der Waals surface area contributed by atoms with Crippen LogP contribution in [0.4, 0.5) is 0 Å². The minimum atomic E-state index is -0.109. The van der Waals surface area contributed by atoms with Crippen molar-refractivity contribution in [1.29, 1.82) is 0 Å². The topological polar surface area (TPSA) is 29.1 Å². The monoisotopic (exact) mass is 297 g/mol. The second kappa shape index (κ2) is 6.97. The molecule has 1 amide bonds. The molecule has 3 heteroatoms. The van der Waals surface area contributed by atoms with Crippen LogP contribution in [0.3, 0.4) is 0 Å². The zero-order valence-electron chi connectivity index (χ0n) is 12.0. The van der Waals surface area contributed by atoms with Gasteiger partial charge in [-0.25, -0.2) is 0 Å². The van der Waals surface area contributed by atoms with Gasteiger partial charge in [-0.15, -0.1) is 0 Å². The van der Waals surface area contributed by atoms with E-state index in [1.54, 1.807) is 12.1 Å². The lowest BCUT2D eigenvalue weighted by Crippen LogP contribution is -2.23. The lowest BCUT2D eigenvalue weighted by atomic mass is 10.1. The first-order valence-electron chi connectivity index (χ1n) is 6.65. The molecule has 0 unspecified atom stereocenters. The second-order valence-electron chi connectivity index (χ2n) is 4.87. The highest BCUT2D eigenvalue weighted by molar-refractivity contribution is 6.30. The average Bonchev–Trinajstić information content (AvgIpc) is 2.42. The summed E-state index contributed by atoms with van der Waals surface area (Å²) >= 11 is 5.88. The maximum absolute atomic E-state index is 12.0. The number of carbonyl (C=O) groups excluding carboxylic acids is 1. The summed E-state index contributed by atoms with van der Waals surface area (Å²) < 4.78 is 0. The van der Waals surface area contributed by atoms with E-state index >= 15 is 0 Å². The highest BCUT2D eigenvalue weighted by atomic mass is 35.5. The SMILES string of the molecule is Cc1cc(C)cc(C(=O)NCC#Cc2cccc(Cl)c2)c1. The first-order chi connectivity index (χ1) is 10.0. The first-order valence-corrected chi connectivity index (χ1v) is 7.03. The number of hydrogen-bond donors (Lipinski definition) is 1. The van der Waals surface area contributed by atoms with Crippen LogP contribution in [0.2, 0.25) is 5.02 Å². The molecular formula is C18H16ClNO. The predicted molar refractivity (Wildman–Crippen MR) is 86.6 cm³/mol. The van der Waals surface area contributed by atoms with E-state index in [4.69, 9.17) is 11.6 Å². The van der Waals surface area contributed by atoms with E-state index in [2.05, 4.69) is 17.2 Å². The van der Waals surface area contributed by atoms with Gasteiger partial charge in [-0.2, -0.15) is 0 Å². The third-order valence-electron chi connectivity index (χ3n) is 2.88. The van der Waals surface area contributed by atoms with E-state index in [-0.39, 0.29) is 5.91 Å². The molecule has 2 nitrogen and oxygen atoms in total. The van der Waals surface area contributed by atoms with Crippen molar-refractivity contribution in [3.8, 4) is 11.8 Å². The molecule has 106 valence electrons. The van der Waals surface area contributed by atoms with Crippen molar-refractivity contribution in [3.63, 3.8) is 0 Å². The minimum absolute atomic E-state index is 0.109. The van der Waals surface area contributed by atoms with E-state index < -0.39 is 0 Å². The van der Waals surface area contributed by atoms with Gasteiger partial charge in [0.25, 0.3) is 5.91 Å². The second-order valence-corrected chi connectivity index (χ2v) is 5.31. The van der Waals surface area contributed by atoms with Gasteiger partial charge < -0.3 is 5.32 Å². The summed E-state index contributed by atoms with van der Waals surface area (Å²) in [7, 11) is 0. The van der Waals surface area contributed by atoms with Gasteiger partial charge in [0.15, 0.2) is 0 Å². The van der Waals surface area contributed by atoms with Gasteiger partial charge >= 0.3 is 0 Å². The molecule has 0 aliphatic rings. The van der Waals surface area contributed by atoms with Crippen molar-refractivity contribution in [3.05, 3.63) is 69.7 Å². The number of nitrogens with one attached hydrogen (secondary N) is 1. The van der Waals surface area contributed by atoms with Crippen molar-refractivity contribution >= 4 is 17.5 Å². The molecule has 0 atom stereocenters. The van der Waals surface area contributed by atoms with Crippen LogP contribution >= 0.6 is 11.6 Å². The maximum Gasteiger partial charge on any atom is 0.252 e. The number of carbonyl (C=O) groups is 1. The van der Waals surface area contributed by atoms with Crippen molar-refractivity contribution in [1.82, 2.24) is 5.32 Å². The van der Waals surface area contributed by atoms with Crippen LogP contribution in [0, 0.1) is 25.7 Å². The Hall–Kier alpha value is -2.24. The summed E-state index contributed by atoms with van der Waals surface area (Å²) in [6, 6.07) is 13.1. The molecule has 2 aromatic rings. The van der Waals surface area contributed by atoms with Gasteiger partial charge in [0.2, 0.25) is 0 Å². The lowest BCUT2D eigenvalue weighted by Gasteiger charge is -2.04. The van der Waals surface area contributed by atoms with Gasteiger partial charge in [-0.1, -0.05) is 46.7 Å². The molecule has 0 heterocycles. The Kier molecular flexibility index (Phi) is 5.03. The molecule has 0 fully saturated rings. The molecule has 0 saturated heterocycles. The fourth-order valence-electron chi connectivity index (χ4n) is 2.04. The lowest BCUT2D eigenvalue weighted by molar-refractivity contribution is 0.0958. The highest BCUT2D eigenvalue weighted by Crippen LogP contribution is 2.09. The Labute approximate surface area is 130 Å². The quantitative estimate of drug-likeness (QED) is 0.841. The molecule has 0 spiro atoms. The van der Waals surface area contributed by atoms with Crippen LogP contribution < -0.4 is 5.32 Å². The fourth-order valence-corrected chi connectivity index (χ4v) is 2.24. The summed E-state index contributed by atoms with van der Waals surface area (Å²) in [5.41, 5.74) is 3.65. The van der Waals surface area contributed by atoms with E-state index in [9.17, 15) is 4.79 Å². The average molecular weight is 298 g/mol. The normalized spacial score (nSPS) is 9.67. The highest BCUT2D eigenvalue weighted by Gasteiger charge is 2.04.